The number of amides is 1. The maximum absolute atomic E-state index is 12.4. The average molecular weight is 363 g/mol. The third kappa shape index (κ3) is 5.21. The molecule has 1 amide bonds. The minimum atomic E-state index is 0. The lowest BCUT2D eigenvalue weighted by molar-refractivity contribution is -0.120. The maximum atomic E-state index is 12.4. The Kier molecular flexibility index (Phi) is 8.62. The molecular formula is C15H24Cl2N4O2. The number of hydrogen-bond donors (Lipinski definition) is 2. The van der Waals surface area contributed by atoms with Gasteiger partial charge in [0.25, 0.3) is 0 Å². The van der Waals surface area contributed by atoms with Crippen molar-refractivity contribution in [1.29, 1.82) is 0 Å². The van der Waals surface area contributed by atoms with E-state index in [1.165, 1.54) is 0 Å². The minimum Gasteiger partial charge on any atom is -0.378 e. The summed E-state index contributed by atoms with van der Waals surface area (Å²) < 4.78 is 5.37. The second kappa shape index (κ2) is 9.93. The number of nitrogens with zero attached hydrogens (tertiary/aromatic N) is 2. The van der Waals surface area contributed by atoms with E-state index in [1.54, 1.807) is 6.20 Å². The van der Waals surface area contributed by atoms with Crippen LogP contribution in [-0.4, -0.2) is 50.3 Å². The minimum absolute atomic E-state index is 0. The molecule has 1 atom stereocenters. The summed E-state index contributed by atoms with van der Waals surface area (Å²) in [5.41, 5.74) is 0.801. The number of carbonyl (C=O) groups is 1. The topological polar surface area (TPSA) is 66.5 Å². The lowest BCUT2D eigenvalue weighted by atomic mass is 9.99. The standard InChI is InChI=1S/C15H22N4O2.2ClH/c20-15(12-3-1-5-16-11-12)18-13-4-2-6-17-14(13)19-7-9-21-10-8-19;;/h2,4,6,12,16H,1,3,5,7-11H2,(H,18,20);2*1H. The Morgan fingerprint density at radius 2 is 2.13 bits per heavy atom. The van der Waals surface area contributed by atoms with Crippen LogP contribution in [0.25, 0.3) is 0 Å². The molecule has 0 spiro atoms. The van der Waals surface area contributed by atoms with Gasteiger partial charge < -0.3 is 20.3 Å². The van der Waals surface area contributed by atoms with Crippen LogP contribution in [0.15, 0.2) is 18.3 Å². The van der Waals surface area contributed by atoms with Gasteiger partial charge in [0.05, 0.1) is 24.8 Å². The fourth-order valence-electron chi connectivity index (χ4n) is 2.83. The lowest BCUT2D eigenvalue weighted by Crippen LogP contribution is -2.39. The summed E-state index contributed by atoms with van der Waals surface area (Å²) >= 11 is 0. The molecule has 0 radical (unpaired) electrons. The van der Waals surface area contributed by atoms with Crippen LogP contribution in [0, 0.1) is 5.92 Å². The van der Waals surface area contributed by atoms with Crippen LogP contribution in [0.5, 0.6) is 0 Å². The highest BCUT2D eigenvalue weighted by Gasteiger charge is 2.23. The predicted molar refractivity (Wildman–Crippen MR) is 96.0 cm³/mol. The van der Waals surface area contributed by atoms with Crippen molar-refractivity contribution in [3.8, 4) is 0 Å². The van der Waals surface area contributed by atoms with E-state index in [9.17, 15) is 4.79 Å². The number of ether oxygens (including phenoxy) is 1. The first-order chi connectivity index (χ1) is 10.3. The molecule has 3 heterocycles. The predicted octanol–water partition coefficient (Wildman–Crippen LogP) is 1.70. The van der Waals surface area contributed by atoms with E-state index < -0.39 is 0 Å². The van der Waals surface area contributed by atoms with Crippen molar-refractivity contribution in [3.63, 3.8) is 0 Å². The Labute approximate surface area is 149 Å². The highest BCUT2D eigenvalue weighted by atomic mass is 35.5. The van der Waals surface area contributed by atoms with Gasteiger partial charge in [-0.2, -0.15) is 0 Å². The quantitative estimate of drug-likeness (QED) is 0.856. The van der Waals surface area contributed by atoms with Crippen molar-refractivity contribution in [2.24, 2.45) is 5.92 Å². The first-order valence-corrected chi connectivity index (χ1v) is 7.64. The molecule has 2 saturated heterocycles. The zero-order valence-electron chi connectivity index (χ0n) is 13.0. The summed E-state index contributed by atoms with van der Waals surface area (Å²) in [6, 6.07) is 3.78. The number of morpholine rings is 1. The normalized spacial score (nSPS) is 20.9. The van der Waals surface area contributed by atoms with Crippen LogP contribution < -0.4 is 15.5 Å². The molecule has 1 aromatic heterocycles. The molecule has 0 bridgehead atoms. The third-order valence-electron chi connectivity index (χ3n) is 4.02. The second-order valence-electron chi connectivity index (χ2n) is 5.51. The van der Waals surface area contributed by atoms with Crippen LogP contribution in [-0.2, 0) is 9.53 Å². The van der Waals surface area contributed by atoms with E-state index in [2.05, 4.69) is 20.5 Å². The van der Waals surface area contributed by atoms with Crippen LogP contribution in [0.4, 0.5) is 11.5 Å². The van der Waals surface area contributed by atoms with Gasteiger partial charge in [-0.1, -0.05) is 0 Å². The van der Waals surface area contributed by atoms with Gasteiger partial charge in [-0.25, -0.2) is 4.98 Å². The molecule has 1 aromatic rings. The Morgan fingerprint density at radius 3 is 2.83 bits per heavy atom. The van der Waals surface area contributed by atoms with E-state index in [1.807, 2.05) is 12.1 Å². The number of halogens is 2. The molecule has 2 aliphatic heterocycles. The highest BCUT2D eigenvalue weighted by Crippen LogP contribution is 2.24. The zero-order valence-corrected chi connectivity index (χ0v) is 14.6. The fraction of sp³-hybridized carbons (Fsp3) is 0.600. The van der Waals surface area contributed by atoms with Crippen molar-refractivity contribution in [2.45, 2.75) is 12.8 Å². The molecule has 0 saturated carbocycles. The number of pyridine rings is 1. The Balaban J connectivity index is 0.00000132. The van der Waals surface area contributed by atoms with Crippen LogP contribution in [0.3, 0.4) is 0 Å². The van der Waals surface area contributed by atoms with Crippen molar-refractivity contribution in [2.75, 3.05) is 49.6 Å². The molecule has 6 nitrogen and oxygen atoms in total. The van der Waals surface area contributed by atoms with Gasteiger partial charge in [-0.15, -0.1) is 24.8 Å². The SMILES string of the molecule is Cl.Cl.O=C(Nc1cccnc1N1CCOCC1)C1CCCNC1. The first-order valence-electron chi connectivity index (χ1n) is 7.64. The number of piperidine rings is 1. The first kappa shape index (κ1) is 20.0. The van der Waals surface area contributed by atoms with E-state index in [0.717, 1.165) is 50.5 Å². The summed E-state index contributed by atoms with van der Waals surface area (Å²) in [5, 5.41) is 6.33. The molecule has 23 heavy (non-hydrogen) atoms. The number of carbonyl (C=O) groups excluding carboxylic acids is 1. The number of nitrogens with one attached hydrogen (secondary N) is 2. The average Bonchev–Trinajstić information content (AvgIpc) is 2.57. The zero-order chi connectivity index (χ0) is 14.5. The van der Waals surface area contributed by atoms with Gasteiger partial charge in [-0.3, -0.25) is 4.79 Å². The van der Waals surface area contributed by atoms with Gasteiger partial charge in [0.2, 0.25) is 5.91 Å². The fourth-order valence-corrected chi connectivity index (χ4v) is 2.83. The van der Waals surface area contributed by atoms with Gasteiger partial charge in [-0.05, 0) is 31.5 Å². The summed E-state index contributed by atoms with van der Waals surface area (Å²) in [5.74, 6) is 0.985. The van der Waals surface area contributed by atoms with Crippen molar-refractivity contribution < 1.29 is 9.53 Å². The Morgan fingerprint density at radius 1 is 1.35 bits per heavy atom. The number of anilines is 2. The molecule has 130 valence electrons. The molecule has 8 heteroatoms. The molecule has 2 fully saturated rings. The molecule has 2 aliphatic rings. The third-order valence-corrected chi connectivity index (χ3v) is 4.02. The van der Waals surface area contributed by atoms with Gasteiger partial charge >= 0.3 is 0 Å². The largest absolute Gasteiger partial charge is 0.378 e. The summed E-state index contributed by atoms with van der Waals surface area (Å²) in [6.45, 7) is 4.80. The van der Waals surface area contributed by atoms with Crippen molar-refractivity contribution >= 4 is 42.2 Å². The van der Waals surface area contributed by atoms with Gasteiger partial charge in [0.15, 0.2) is 5.82 Å². The molecular weight excluding hydrogens is 339 g/mol. The molecule has 1 unspecified atom stereocenters. The molecule has 3 rings (SSSR count). The Hall–Kier alpha value is -1.08. The molecule has 0 aromatic carbocycles. The summed E-state index contributed by atoms with van der Waals surface area (Å²) in [6.07, 6.45) is 3.77. The van der Waals surface area contributed by atoms with Crippen molar-refractivity contribution in [1.82, 2.24) is 10.3 Å². The number of aromatic nitrogens is 1. The monoisotopic (exact) mass is 362 g/mol. The van der Waals surface area contributed by atoms with E-state index >= 15 is 0 Å². The van der Waals surface area contributed by atoms with E-state index in [4.69, 9.17) is 4.74 Å². The van der Waals surface area contributed by atoms with E-state index in [0.29, 0.717) is 13.2 Å². The second-order valence-corrected chi connectivity index (χ2v) is 5.51. The van der Waals surface area contributed by atoms with Crippen LogP contribution in [0.1, 0.15) is 12.8 Å². The molecule has 2 N–H and O–H groups in total. The van der Waals surface area contributed by atoms with Gasteiger partial charge in [0.1, 0.15) is 0 Å². The summed E-state index contributed by atoms with van der Waals surface area (Å²) in [7, 11) is 0. The van der Waals surface area contributed by atoms with Gasteiger partial charge in [0, 0.05) is 25.8 Å². The summed E-state index contributed by atoms with van der Waals surface area (Å²) in [4.78, 5) is 19.0. The highest BCUT2D eigenvalue weighted by molar-refractivity contribution is 5.95. The van der Waals surface area contributed by atoms with E-state index in [-0.39, 0.29) is 36.6 Å². The van der Waals surface area contributed by atoms with Crippen LogP contribution >= 0.6 is 24.8 Å². The number of rotatable bonds is 3. The van der Waals surface area contributed by atoms with Crippen LogP contribution in [0.2, 0.25) is 0 Å². The maximum Gasteiger partial charge on any atom is 0.228 e. The molecule has 0 aliphatic carbocycles. The Bertz CT molecular complexity index is 492. The van der Waals surface area contributed by atoms with Crippen molar-refractivity contribution in [3.05, 3.63) is 18.3 Å². The number of hydrogen-bond acceptors (Lipinski definition) is 5. The lowest BCUT2D eigenvalue weighted by Gasteiger charge is -2.30. The smallest absolute Gasteiger partial charge is 0.228 e.